The van der Waals surface area contributed by atoms with Crippen LogP contribution in [-0.2, 0) is 9.59 Å². The molecule has 0 radical (unpaired) electrons. The largest absolute Gasteiger partial charge is 0.369 e. The van der Waals surface area contributed by atoms with E-state index in [1.165, 1.54) is 6.07 Å². The number of piperidine rings is 1. The van der Waals surface area contributed by atoms with E-state index in [0.29, 0.717) is 13.1 Å². The smallest absolute Gasteiger partial charge is 0.238 e. The Bertz CT molecular complexity index is 551. The molecule has 1 aromatic rings. The van der Waals surface area contributed by atoms with E-state index in [-0.39, 0.29) is 30.0 Å². The van der Waals surface area contributed by atoms with Crippen molar-refractivity contribution in [1.82, 2.24) is 4.90 Å². The molecule has 114 valence electrons. The number of benzene rings is 1. The summed E-state index contributed by atoms with van der Waals surface area (Å²) in [5.74, 6) is -2.92. The quantitative estimate of drug-likeness (QED) is 0.874. The molecule has 5 nitrogen and oxygen atoms in total. The summed E-state index contributed by atoms with van der Waals surface area (Å²) >= 11 is 0. The molecule has 0 aromatic heterocycles. The Hall–Kier alpha value is -2.02. The third kappa shape index (κ3) is 4.22. The SMILES string of the molecule is NC(=O)[C@H]1CCCN(CC(=O)Nc2ccc(F)c(F)c2)C1. The molecular weight excluding hydrogens is 280 g/mol. The van der Waals surface area contributed by atoms with Gasteiger partial charge in [0.15, 0.2) is 11.6 Å². The van der Waals surface area contributed by atoms with Gasteiger partial charge in [0.1, 0.15) is 0 Å². The summed E-state index contributed by atoms with van der Waals surface area (Å²) in [5.41, 5.74) is 5.47. The fourth-order valence-corrected chi connectivity index (χ4v) is 2.41. The van der Waals surface area contributed by atoms with Crippen molar-refractivity contribution < 1.29 is 18.4 Å². The molecule has 3 N–H and O–H groups in total. The second kappa shape index (κ2) is 6.62. The van der Waals surface area contributed by atoms with Gasteiger partial charge in [0.2, 0.25) is 11.8 Å². The summed E-state index contributed by atoms with van der Waals surface area (Å²) in [5, 5.41) is 2.50. The highest BCUT2D eigenvalue weighted by atomic mass is 19.2. The zero-order valence-corrected chi connectivity index (χ0v) is 11.4. The van der Waals surface area contributed by atoms with E-state index < -0.39 is 11.6 Å². The van der Waals surface area contributed by atoms with Crippen LogP contribution in [0.25, 0.3) is 0 Å². The van der Waals surface area contributed by atoms with Gasteiger partial charge in [-0.1, -0.05) is 0 Å². The monoisotopic (exact) mass is 297 g/mol. The number of nitrogens with zero attached hydrogens (tertiary/aromatic N) is 1. The van der Waals surface area contributed by atoms with Crippen LogP contribution < -0.4 is 11.1 Å². The van der Waals surface area contributed by atoms with Gasteiger partial charge >= 0.3 is 0 Å². The minimum absolute atomic E-state index is 0.0861. The molecule has 2 rings (SSSR count). The maximum atomic E-state index is 13.0. The van der Waals surface area contributed by atoms with E-state index in [9.17, 15) is 18.4 Å². The summed E-state index contributed by atoms with van der Waals surface area (Å²) in [4.78, 5) is 24.9. The van der Waals surface area contributed by atoms with Crippen molar-refractivity contribution in [2.24, 2.45) is 11.7 Å². The molecule has 1 aliphatic heterocycles. The van der Waals surface area contributed by atoms with Gasteiger partial charge in [-0.3, -0.25) is 14.5 Å². The predicted molar refractivity (Wildman–Crippen MR) is 73.3 cm³/mol. The highest BCUT2D eigenvalue weighted by Crippen LogP contribution is 2.16. The number of primary amides is 1. The lowest BCUT2D eigenvalue weighted by atomic mass is 9.97. The molecule has 1 aromatic carbocycles. The Morgan fingerprint density at radius 2 is 2.10 bits per heavy atom. The molecule has 1 heterocycles. The van der Waals surface area contributed by atoms with Crippen molar-refractivity contribution in [2.75, 3.05) is 25.0 Å². The minimum atomic E-state index is -1.01. The third-order valence-electron chi connectivity index (χ3n) is 3.48. The Balaban J connectivity index is 1.89. The first-order valence-corrected chi connectivity index (χ1v) is 6.72. The van der Waals surface area contributed by atoms with E-state index >= 15 is 0 Å². The van der Waals surface area contributed by atoms with Gasteiger partial charge in [-0.15, -0.1) is 0 Å². The van der Waals surface area contributed by atoms with Gasteiger partial charge in [0.25, 0.3) is 0 Å². The predicted octanol–water partition coefficient (Wildman–Crippen LogP) is 1.10. The highest BCUT2D eigenvalue weighted by molar-refractivity contribution is 5.92. The van der Waals surface area contributed by atoms with Gasteiger partial charge < -0.3 is 11.1 Å². The average molecular weight is 297 g/mol. The Labute approximate surface area is 121 Å². The van der Waals surface area contributed by atoms with Crippen LogP contribution in [0.4, 0.5) is 14.5 Å². The second-order valence-electron chi connectivity index (χ2n) is 5.15. The van der Waals surface area contributed by atoms with E-state index in [0.717, 1.165) is 25.0 Å². The summed E-state index contributed by atoms with van der Waals surface area (Å²) in [7, 11) is 0. The molecule has 1 atom stereocenters. The van der Waals surface area contributed by atoms with Crippen LogP contribution in [0.1, 0.15) is 12.8 Å². The fourth-order valence-electron chi connectivity index (χ4n) is 2.41. The van der Waals surface area contributed by atoms with Gasteiger partial charge in [0, 0.05) is 18.3 Å². The average Bonchev–Trinajstić information content (AvgIpc) is 2.43. The van der Waals surface area contributed by atoms with Crippen molar-refractivity contribution in [1.29, 1.82) is 0 Å². The summed E-state index contributed by atoms with van der Waals surface area (Å²) in [6, 6.07) is 3.17. The molecule has 1 aliphatic rings. The zero-order chi connectivity index (χ0) is 15.4. The molecule has 21 heavy (non-hydrogen) atoms. The molecule has 0 bridgehead atoms. The van der Waals surface area contributed by atoms with Crippen LogP contribution in [-0.4, -0.2) is 36.3 Å². The molecule has 0 aliphatic carbocycles. The maximum absolute atomic E-state index is 13.0. The molecule has 1 saturated heterocycles. The topological polar surface area (TPSA) is 75.4 Å². The van der Waals surface area contributed by atoms with Crippen LogP contribution in [0.15, 0.2) is 18.2 Å². The first-order valence-electron chi connectivity index (χ1n) is 6.72. The highest BCUT2D eigenvalue weighted by Gasteiger charge is 2.25. The van der Waals surface area contributed by atoms with Gasteiger partial charge in [-0.05, 0) is 31.5 Å². The Morgan fingerprint density at radius 1 is 1.33 bits per heavy atom. The number of hydrogen-bond donors (Lipinski definition) is 2. The van der Waals surface area contributed by atoms with Crippen LogP contribution >= 0.6 is 0 Å². The van der Waals surface area contributed by atoms with Gasteiger partial charge in [-0.25, -0.2) is 8.78 Å². The maximum Gasteiger partial charge on any atom is 0.238 e. The lowest BCUT2D eigenvalue weighted by Gasteiger charge is -2.30. The van der Waals surface area contributed by atoms with E-state index in [1.807, 2.05) is 4.90 Å². The summed E-state index contributed by atoms with van der Waals surface area (Å²) in [6.07, 6.45) is 1.53. The molecule has 7 heteroatoms. The van der Waals surface area contributed by atoms with Gasteiger partial charge in [-0.2, -0.15) is 0 Å². The van der Waals surface area contributed by atoms with Crippen LogP contribution in [0.2, 0.25) is 0 Å². The van der Waals surface area contributed by atoms with Crippen molar-refractivity contribution in [3.05, 3.63) is 29.8 Å². The molecule has 0 spiro atoms. The number of anilines is 1. The number of carbonyl (C=O) groups is 2. The van der Waals surface area contributed by atoms with E-state index in [2.05, 4.69) is 5.32 Å². The molecule has 0 unspecified atom stereocenters. The number of rotatable bonds is 4. The number of likely N-dealkylation sites (tertiary alicyclic amines) is 1. The number of carbonyl (C=O) groups excluding carboxylic acids is 2. The molecule has 0 saturated carbocycles. The first-order chi connectivity index (χ1) is 9.95. The number of hydrogen-bond acceptors (Lipinski definition) is 3. The first kappa shape index (κ1) is 15.4. The minimum Gasteiger partial charge on any atom is -0.369 e. The Morgan fingerprint density at radius 3 is 2.76 bits per heavy atom. The normalized spacial score (nSPS) is 19.2. The van der Waals surface area contributed by atoms with Crippen molar-refractivity contribution >= 4 is 17.5 Å². The lowest BCUT2D eigenvalue weighted by Crippen LogP contribution is -2.44. The van der Waals surface area contributed by atoms with Crippen molar-refractivity contribution in [3.63, 3.8) is 0 Å². The van der Waals surface area contributed by atoms with Crippen LogP contribution in [0, 0.1) is 17.6 Å². The standard InChI is InChI=1S/C14H17F2N3O2/c15-11-4-3-10(6-12(11)16)18-13(20)8-19-5-1-2-9(7-19)14(17)21/h3-4,6,9H,1-2,5,7-8H2,(H2,17,21)(H,18,20)/t9-/m0/s1. The van der Waals surface area contributed by atoms with Crippen LogP contribution in [0.3, 0.4) is 0 Å². The molecular formula is C14H17F2N3O2. The molecule has 1 fully saturated rings. The number of nitrogens with one attached hydrogen (secondary N) is 1. The third-order valence-corrected chi connectivity index (χ3v) is 3.48. The zero-order valence-electron chi connectivity index (χ0n) is 11.4. The number of nitrogens with two attached hydrogens (primary N) is 1. The fraction of sp³-hybridized carbons (Fsp3) is 0.429. The second-order valence-corrected chi connectivity index (χ2v) is 5.15. The van der Waals surface area contributed by atoms with E-state index in [1.54, 1.807) is 0 Å². The van der Waals surface area contributed by atoms with Crippen LogP contribution in [0.5, 0.6) is 0 Å². The van der Waals surface area contributed by atoms with Crippen molar-refractivity contribution in [2.45, 2.75) is 12.8 Å². The summed E-state index contributed by atoms with van der Waals surface area (Å²) in [6.45, 7) is 1.23. The van der Waals surface area contributed by atoms with E-state index in [4.69, 9.17) is 5.73 Å². The van der Waals surface area contributed by atoms with Gasteiger partial charge in [0.05, 0.1) is 12.5 Å². The lowest BCUT2D eigenvalue weighted by molar-refractivity contribution is -0.125. The van der Waals surface area contributed by atoms with Crippen molar-refractivity contribution in [3.8, 4) is 0 Å². The summed E-state index contributed by atoms with van der Waals surface area (Å²) < 4.78 is 25.8. The number of amides is 2. The molecule has 2 amide bonds. The Kier molecular flexibility index (Phi) is 4.85. The number of halogens is 2.